The molecule has 0 radical (unpaired) electrons. The molecule has 480 valence electrons. The van der Waals surface area contributed by atoms with Gasteiger partial charge in [-0.2, -0.15) is 12.6 Å². The SMILES string of the molecule is CCCCCCC(CCCCCC)(CCCCCCCCCS)C(CCCCCC)(CCCCCC)C(CCCCCC)(CCCCCC)c1cccc2c1-c1nc-2nc2[nH]c(nc3nc(nc4[nH]c(n1)c1ccccc41)-c1ccccc1-3)c1ccccc21. The van der Waals surface area contributed by atoms with Crippen LogP contribution in [0.15, 0.2) is 91.0 Å². The van der Waals surface area contributed by atoms with Crippen molar-refractivity contribution in [3.8, 4) is 45.6 Å². The highest BCUT2D eigenvalue weighted by molar-refractivity contribution is 7.80. The number of rotatable bonds is 42. The van der Waals surface area contributed by atoms with Gasteiger partial charge < -0.3 is 9.97 Å². The van der Waals surface area contributed by atoms with E-state index in [1.165, 1.54) is 255 Å². The van der Waals surface area contributed by atoms with Crippen molar-refractivity contribution in [2.75, 3.05) is 5.75 Å². The molecule has 0 amide bonds. The lowest BCUT2D eigenvalue weighted by molar-refractivity contribution is -0.0961. The van der Waals surface area contributed by atoms with Crippen molar-refractivity contribution in [1.29, 1.82) is 0 Å². The summed E-state index contributed by atoms with van der Waals surface area (Å²) in [6, 6.07) is 33.0. The predicted octanol–water partition coefficient (Wildman–Crippen LogP) is 25.0. The zero-order valence-corrected chi connectivity index (χ0v) is 57.3. The number of thiol groups is 1. The summed E-state index contributed by atoms with van der Waals surface area (Å²) in [5, 5.41) is 4.04. The maximum Gasteiger partial charge on any atom is 0.165 e. The summed E-state index contributed by atoms with van der Waals surface area (Å²) in [5.74, 6) is 3.75. The topological polar surface area (TPSA) is 109 Å². The Morgan fingerprint density at radius 1 is 0.303 bits per heavy atom. The second-order valence-electron chi connectivity index (χ2n) is 27.2. The molecule has 9 rings (SSSR count). The molecule has 2 aliphatic heterocycles. The van der Waals surface area contributed by atoms with Gasteiger partial charge in [0, 0.05) is 49.2 Å². The van der Waals surface area contributed by atoms with Crippen molar-refractivity contribution in [3.05, 3.63) is 96.6 Å². The molecule has 0 fully saturated rings. The molecule has 0 unspecified atom stereocenters. The molecule has 9 heteroatoms. The van der Waals surface area contributed by atoms with E-state index in [9.17, 15) is 0 Å². The summed E-state index contributed by atoms with van der Waals surface area (Å²) >= 11 is 4.60. The molecule has 3 aromatic heterocycles. The van der Waals surface area contributed by atoms with E-state index in [2.05, 4.69) is 155 Å². The number of nitrogens with zero attached hydrogens (tertiary/aromatic N) is 6. The normalized spacial score (nSPS) is 12.6. The monoisotopic (exact) mass is 1220 g/mol. The summed E-state index contributed by atoms with van der Waals surface area (Å²) in [6.45, 7) is 14.5. The smallest absolute Gasteiger partial charge is 0.165 e. The van der Waals surface area contributed by atoms with Crippen LogP contribution in [0.2, 0.25) is 0 Å². The zero-order chi connectivity index (χ0) is 62.2. The number of H-pyrrole nitrogens is 2. The number of aromatic amines is 2. The Kier molecular flexibility index (Phi) is 26.6. The summed E-state index contributed by atoms with van der Waals surface area (Å²) < 4.78 is 0. The minimum absolute atomic E-state index is 0.0194. The Labute approximate surface area is 543 Å². The number of hydrogen-bond donors (Lipinski definition) is 3. The average Bonchev–Trinajstić information content (AvgIpc) is 1.40. The molecule has 0 saturated carbocycles. The minimum atomic E-state index is -0.170. The van der Waals surface area contributed by atoms with Crippen LogP contribution in [0.25, 0.3) is 89.7 Å². The highest BCUT2D eigenvalue weighted by atomic mass is 32.1. The summed E-state index contributed by atoms with van der Waals surface area (Å²) in [6.07, 6.45) is 49.0. The first-order chi connectivity index (χ1) is 43.8. The number of benzene rings is 4. The Morgan fingerprint density at radius 2 is 0.618 bits per heavy atom. The van der Waals surface area contributed by atoms with Gasteiger partial charge in [0.05, 0.1) is 0 Å². The van der Waals surface area contributed by atoms with E-state index in [0.29, 0.717) is 17.5 Å². The molecular weight excluding hydrogens is 1110 g/mol. The lowest BCUT2D eigenvalue weighted by atomic mass is 9.40. The fourth-order valence-corrected chi connectivity index (χ4v) is 16.8. The van der Waals surface area contributed by atoms with Crippen LogP contribution < -0.4 is 0 Å². The molecular formula is C80H114N8S. The third kappa shape index (κ3) is 16.1. The van der Waals surface area contributed by atoms with Gasteiger partial charge in [0.2, 0.25) is 0 Å². The van der Waals surface area contributed by atoms with Crippen LogP contribution in [0.3, 0.4) is 0 Å². The van der Waals surface area contributed by atoms with Gasteiger partial charge in [-0.15, -0.1) is 0 Å². The summed E-state index contributed by atoms with van der Waals surface area (Å²) in [7, 11) is 0. The van der Waals surface area contributed by atoms with E-state index in [4.69, 9.17) is 29.9 Å². The van der Waals surface area contributed by atoms with Gasteiger partial charge in [-0.05, 0) is 73.5 Å². The third-order valence-electron chi connectivity index (χ3n) is 21.2. The molecule has 8 bridgehead atoms. The van der Waals surface area contributed by atoms with Gasteiger partial charge >= 0.3 is 0 Å². The molecule has 0 saturated heterocycles. The van der Waals surface area contributed by atoms with E-state index in [0.717, 1.165) is 72.4 Å². The van der Waals surface area contributed by atoms with Gasteiger partial charge in [0.1, 0.15) is 22.6 Å². The Hall–Kier alpha value is -5.41. The van der Waals surface area contributed by atoms with Gasteiger partial charge in [-0.25, -0.2) is 29.9 Å². The van der Waals surface area contributed by atoms with Crippen molar-refractivity contribution in [2.24, 2.45) is 10.8 Å². The zero-order valence-electron chi connectivity index (χ0n) is 56.4. The van der Waals surface area contributed by atoms with Crippen molar-refractivity contribution < 1.29 is 0 Å². The fraction of sp³-hybridized carbons (Fsp3) is 0.600. The molecule has 8 nitrogen and oxygen atoms in total. The van der Waals surface area contributed by atoms with Gasteiger partial charge in [0.25, 0.3) is 0 Å². The maximum absolute atomic E-state index is 5.96. The first kappa shape index (κ1) is 68.0. The number of nitrogens with one attached hydrogen (secondary N) is 2. The molecule has 0 atom stereocenters. The van der Waals surface area contributed by atoms with Crippen LogP contribution in [0.1, 0.15) is 291 Å². The molecule has 2 N–H and O–H groups in total. The van der Waals surface area contributed by atoms with Crippen LogP contribution in [0, 0.1) is 10.8 Å². The lowest BCUT2D eigenvalue weighted by Gasteiger charge is -2.64. The highest BCUT2D eigenvalue weighted by Gasteiger charge is 2.61. The van der Waals surface area contributed by atoms with Crippen LogP contribution >= 0.6 is 12.6 Å². The largest absolute Gasteiger partial charge is 0.324 e. The van der Waals surface area contributed by atoms with Crippen LogP contribution in [-0.4, -0.2) is 45.6 Å². The molecule has 0 spiro atoms. The van der Waals surface area contributed by atoms with Crippen molar-refractivity contribution in [1.82, 2.24) is 39.9 Å². The Morgan fingerprint density at radius 3 is 1.02 bits per heavy atom. The minimum Gasteiger partial charge on any atom is -0.324 e. The first-order valence-electron chi connectivity index (χ1n) is 36.7. The summed E-state index contributed by atoms with van der Waals surface area (Å²) in [4.78, 5) is 41.2. The van der Waals surface area contributed by atoms with Crippen molar-refractivity contribution in [2.45, 2.75) is 291 Å². The second kappa shape index (κ2) is 34.9. The summed E-state index contributed by atoms with van der Waals surface area (Å²) in [5.41, 5.74) is 8.74. The van der Waals surface area contributed by atoms with E-state index in [-0.39, 0.29) is 16.2 Å². The van der Waals surface area contributed by atoms with E-state index >= 15 is 0 Å². The molecule has 5 heterocycles. The van der Waals surface area contributed by atoms with Crippen molar-refractivity contribution >= 4 is 56.8 Å². The molecule has 4 aromatic carbocycles. The number of fused-ring (bicyclic) bond motifs is 20. The molecule has 7 aromatic rings. The van der Waals surface area contributed by atoms with E-state index in [1.807, 2.05) is 0 Å². The third-order valence-corrected chi connectivity index (χ3v) is 21.5. The first-order valence-corrected chi connectivity index (χ1v) is 37.3. The van der Waals surface area contributed by atoms with E-state index in [1.54, 1.807) is 0 Å². The van der Waals surface area contributed by atoms with Crippen LogP contribution in [0.5, 0.6) is 0 Å². The Balaban J connectivity index is 1.41. The fourth-order valence-electron chi connectivity index (χ4n) is 16.6. The predicted molar refractivity (Wildman–Crippen MR) is 386 cm³/mol. The standard InChI is InChI=1S/C80H114N8S/c1-7-13-19-36-53-78(54-37-20-14-8-2,55-38-28-26-25-27-29-43-60-89)80(58-41-23-17-11-5,59-42-24-18-12-6)79(56-39-21-15-9-3,57-40-22-16-10-4)68-52-44-51-67-69(68)77-87-75-66-50-35-34-49-65(66)73(85-75)83-71-62-46-31-30-45-61(62)70(81-71)82-72-63-47-32-33-48-64(63)74(84-72)86-76(67)88-77/h30-35,44-52,89H,7-29,36-43,53-60H2,1-6H3,(H2,81,82,83,84,85,86,87,88). The number of aromatic nitrogens is 8. The van der Waals surface area contributed by atoms with Gasteiger partial charge in [-0.1, -0.05) is 325 Å². The van der Waals surface area contributed by atoms with Crippen LogP contribution in [-0.2, 0) is 5.41 Å². The highest BCUT2D eigenvalue weighted by Crippen LogP contribution is 2.69. The van der Waals surface area contributed by atoms with Gasteiger partial charge in [0.15, 0.2) is 23.3 Å². The maximum atomic E-state index is 5.96. The molecule has 0 aliphatic carbocycles. The quantitative estimate of drug-likeness (QED) is 0.0260. The average molecular weight is 1220 g/mol. The number of hydrogen-bond acceptors (Lipinski definition) is 7. The lowest BCUT2D eigenvalue weighted by Crippen LogP contribution is -2.57. The Bertz CT molecular complexity index is 3400. The number of unbranched alkanes of at least 4 members (excludes halogenated alkanes) is 24. The van der Waals surface area contributed by atoms with Crippen molar-refractivity contribution in [3.63, 3.8) is 0 Å². The second-order valence-corrected chi connectivity index (χ2v) is 27.7. The molecule has 2 aliphatic rings. The van der Waals surface area contributed by atoms with Gasteiger partial charge in [-0.3, -0.25) is 0 Å². The van der Waals surface area contributed by atoms with Crippen LogP contribution in [0.4, 0.5) is 0 Å². The van der Waals surface area contributed by atoms with E-state index < -0.39 is 0 Å². The molecule has 89 heavy (non-hydrogen) atoms.